The fraction of sp³-hybridized carbons (Fsp3) is 0.340. The molecular formula is C50H49BrO4S3. The van der Waals surface area contributed by atoms with Gasteiger partial charge in [-0.3, -0.25) is 0 Å². The van der Waals surface area contributed by atoms with Gasteiger partial charge in [-0.25, -0.2) is 4.79 Å². The largest absolute Gasteiger partial charge is 0.478 e. The van der Waals surface area contributed by atoms with Gasteiger partial charge < -0.3 is 13.9 Å². The summed E-state index contributed by atoms with van der Waals surface area (Å²) in [5.74, 6) is 1.24. The van der Waals surface area contributed by atoms with Gasteiger partial charge in [-0.2, -0.15) is 0 Å². The highest BCUT2D eigenvalue weighted by molar-refractivity contribution is 9.11. The van der Waals surface area contributed by atoms with Crippen molar-refractivity contribution >= 4 is 86.2 Å². The van der Waals surface area contributed by atoms with E-state index in [1.807, 2.05) is 41.1 Å². The van der Waals surface area contributed by atoms with Crippen molar-refractivity contribution in [2.45, 2.75) is 109 Å². The Labute approximate surface area is 361 Å². The molecule has 8 aromatic rings. The van der Waals surface area contributed by atoms with Gasteiger partial charge in [0.05, 0.1) is 34.4 Å². The highest BCUT2D eigenvalue weighted by Gasteiger charge is 2.27. The summed E-state index contributed by atoms with van der Waals surface area (Å²) in [6, 6.07) is 23.3. The van der Waals surface area contributed by atoms with Crippen LogP contribution in [0, 0.1) is 13.8 Å². The Kier molecular flexibility index (Phi) is 11.8. The molecule has 0 radical (unpaired) electrons. The molecule has 0 aliphatic heterocycles. The SMILES string of the molecule is Cc1ccc2c(C3CCCC3)c(-c3ccoc3)sc2c1.Cc1ccc2c(C3CCCC3)c(Br)sc2c1.O=C(O)c1ccc2c(C3CCCC3)c(-c3ccoc3)sc2c1. The van der Waals surface area contributed by atoms with Crippen molar-refractivity contribution < 1.29 is 18.7 Å². The normalized spacial score (nSPS) is 16.3. The average molecular weight is 890 g/mol. The third kappa shape index (κ3) is 8.02. The van der Waals surface area contributed by atoms with E-state index in [1.165, 1.54) is 138 Å². The number of furan rings is 2. The van der Waals surface area contributed by atoms with Crippen molar-refractivity contribution in [2.24, 2.45) is 0 Å². The van der Waals surface area contributed by atoms with Gasteiger partial charge in [0.15, 0.2) is 0 Å². The molecule has 5 heterocycles. The second-order valence-electron chi connectivity index (χ2n) is 16.5. The number of aromatic carboxylic acids is 1. The molecule has 0 unspecified atom stereocenters. The van der Waals surface area contributed by atoms with Gasteiger partial charge >= 0.3 is 5.97 Å². The van der Waals surface area contributed by atoms with Crippen LogP contribution >= 0.6 is 49.9 Å². The van der Waals surface area contributed by atoms with E-state index in [0.717, 1.165) is 22.1 Å². The molecule has 11 rings (SSSR count). The Bertz CT molecular complexity index is 2660. The van der Waals surface area contributed by atoms with E-state index in [9.17, 15) is 9.90 Å². The van der Waals surface area contributed by atoms with Crippen molar-refractivity contribution in [3.05, 3.63) is 129 Å². The lowest BCUT2D eigenvalue weighted by Gasteiger charge is -2.11. The summed E-state index contributed by atoms with van der Waals surface area (Å²) in [6.45, 7) is 4.34. The topological polar surface area (TPSA) is 63.6 Å². The third-order valence-corrected chi connectivity index (χ3v) is 16.9. The van der Waals surface area contributed by atoms with Crippen molar-refractivity contribution in [1.29, 1.82) is 0 Å². The second-order valence-corrected chi connectivity index (χ2v) is 20.9. The van der Waals surface area contributed by atoms with Gasteiger partial charge in [-0.05, 0) is 166 Å². The van der Waals surface area contributed by atoms with Crippen LogP contribution in [0.4, 0.5) is 0 Å². The minimum Gasteiger partial charge on any atom is -0.478 e. The zero-order valence-corrected chi connectivity index (χ0v) is 37.2. The molecule has 3 fully saturated rings. The minimum absolute atomic E-state index is 0.352. The quantitative estimate of drug-likeness (QED) is 0.181. The van der Waals surface area contributed by atoms with Crippen LogP contribution in [0.15, 0.2) is 104 Å². The molecule has 298 valence electrons. The zero-order chi connectivity index (χ0) is 39.8. The van der Waals surface area contributed by atoms with Crippen molar-refractivity contribution in [3.63, 3.8) is 0 Å². The summed E-state index contributed by atoms with van der Waals surface area (Å²) in [5, 5.41) is 13.4. The van der Waals surface area contributed by atoms with Crippen LogP contribution in [0.1, 0.15) is 133 Å². The smallest absolute Gasteiger partial charge is 0.335 e. The van der Waals surface area contributed by atoms with Gasteiger partial charge in [0, 0.05) is 35.0 Å². The zero-order valence-electron chi connectivity index (χ0n) is 33.2. The number of hydrogen-bond donors (Lipinski definition) is 1. The number of fused-ring (bicyclic) bond motifs is 3. The molecule has 0 bridgehead atoms. The van der Waals surface area contributed by atoms with Crippen molar-refractivity contribution in [1.82, 2.24) is 0 Å². The van der Waals surface area contributed by atoms with Crippen LogP contribution in [-0.4, -0.2) is 11.1 Å². The van der Waals surface area contributed by atoms with Crippen LogP contribution < -0.4 is 0 Å². The molecule has 4 nitrogen and oxygen atoms in total. The fourth-order valence-corrected chi connectivity index (χ4v) is 14.6. The van der Waals surface area contributed by atoms with Crippen LogP contribution in [0.25, 0.3) is 51.1 Å². The first kappa shape index (κ1) is 39.5. The van der Waals surface area contributed by atoms with Gasteiger partial charge in [-0.1, -0.05) is 68.9 Å². The van der Waals surface area contributed by atoms with E-state index in [4.69, 9.17) is 8.83 Å². The Hall–Kier alpha value is -3.95. The summed E-state index contributed by atoms with van der Waals surface area (Å²) < 4.78 is 15.8. The van der Waals surface area contributed by atoms with E-state index >= 15 is 0 Å². The number of hydrogen-bond acceptors (Lipinski definition) is 6. The maximum absolute atomic E-state index is 11.2. The van der Waals surface area contributed by atoms with Crippen LogP contribution in [0.3, 0.4) is 0 Å². The number of carboxylic acids is 1. The maximum Gasteiger partial charge on any atom is 0.335 e. The molecule has 0 amide bonds. The summed E-state index contributed by atoms with van der Waals surface area (Å²) in [6.07, 6.45) is 23.1. The van der Waals surface area contributed by atoms with Crippen LogP contribution in [0.5, 0.6) is 0 Å². The first-order valence-corrected chi connectivity index (χ1v) is 24.1. The second kappa shape index (κ2) is 17.3. The molecular weight excluding hydrogens is 841 g/mol. The number of carbonyl (C=O) groups is 1. The van der Waals surface area contributed by atoms with E-state index in [-0.39, 0.29) is 0 Å². The predicted octanol–water partition coefficient (Wildman–Crippen LogP) is 17.3. The predicted molar refractivity (Wildman–Crippen MR) is 249 cm³/mol. The highest BCUT2D eigenvalue weighted by Crippen LogP contribution is 2.50. The lowest BCUT2D eigenvalue weighted by Crippen LogP contribution is -1.96. The number of thiophene rings is 3. The monoisotopic (exact) mass is 888 g/mol. The molecule has 0 spiro atoms. The van der Waals surface area contributed by atoms with Gasteiger partial charge in [0.25, 0.3) is 0 Å². The molecule has 0 saturated heterocycles. The van der Waals surface area contributed by atoms with Crippen LogP contribution in [0.2, 0.25) is 0 Å². The summed E-state index contributed by atoms with van der Waals surface area (Å²) in [4.78, 5) is 13.9. The number of carboxylic acid groups (broad SMARTS) is 1. The number of aryl methyl sites for hydroxylation is 2. The molecule has 8 heteroatoms. The van der Waals surface area contributed by atoms with Gasteiger partial charge in [-0.15, -0.1) is 34.0 Å². The van der Waals surface area contributed by atoms with E-state index in [2.05, 4.69) is 72.2 Å². The summed E-state index contributed by atoms with van der Waals surface area (Å²) in [5.41, 5.74) is 9.93. The Morgan fingerprint density at radius 2 is 0.983 bits per heavy atom. The molecule has 58 heavy (non-hydrogen) atoms. The average Bonchev–Trinajstić information content (AvgIpc) is 4.05. The highest BCUT2D eigenvalue weighted by atomic mass is 79.9. The van der Waals surface area contributed by atoms with Crippen molar-refractivity contribution in [2.75, 3.05) is 0 Å². The maximum atomic E-state index is 11.2. The Morgan fingerprint density at radius 1 is 0.569 bits per heavy atom. The third-order valence-electron chi connectivity index (χ3n) is 12.6. The number of halogens is 1. The lowest BCUT2D eigenvalue weighted by atomic mass is 9.93. The van der Waals surface area contributed by atoms with E-state index in [0.29, 0.717) is 11.5 Å². The first-order chi connectivity index (χ1) is 28.3. The summed E-state index contributed by atoms with van der Waals surface area (Å²) >= 11 is 9.26. The first-order valence-electron chi connectivity index (χ1n) is 20.9. The lowest BCUT2D eigenvalue weighted by molar-refractivity contribution is 0.0697. The molecule has 3 saturated carbocycles. The molecule has 1 N–H and O–H groups in total. The summed E-state index contributed by atoms with van der Waals surface area (Å²) in [7, 11) is 0. The van der Waals surface area contributed by atoms with E-state index in [1.54, 1.807) is 53.4 Å². The van der Waals surface area contributed by atoms with Gasteiger partial charge in [0.2, 0.25) is 0 Å². The van der Waals surface area contributed by atoms with Crippen LogP contribution in [-0.2, 0) is 0 Å². The van der Waals surface area contributed by atoms with Gasteiger partial charge in [0.1, 0.15) is 0 Å². The minimum atomic E-state index is -0.873. The van der Waals surface area contributed by atoms with E-state index < -0.39 is 5.97 Å². The Morgan fingerprint density at radius 3 is 1.43 bits per heavy atom. The molecule has 3 aromatic carbocycles. The fourth-order valence-electron chi connectivity index (χ4n) is 9.72. The standard InChI is InChI=1S/C18H16O3S.C18H18OS.C14H15BrS/c19-18(20)12-5-6-14-15(9-12)22-17(13-7-8-21-10-13)16(14)11-3-1-2-4-11;1-12-6-7-15-16(10-12)20-18(14-8-9-19-11-14)17(15)13-4-2-3-5-13;1-9-6-7-11-12(8-9)16-14(15)13(11)10-4-2-3-5-10/h5-11H,1-4H2,(H,19,20);6-11,13H,2-5H2,1H3;6-8,10H,2-5H2,1H3. The van der Waals surface area contributed by atoms with Crippen molar-refractivity contribution in [3.8, 4) is 20.9 Å². The number of rotatable bonds is 6. The molecule has 3 aliphatic carbocycles. The Balaban J connectivity index is 0.000000114. The number of benzene rings is 3. The molecule has 3 aliphatic rings. The molecule has 5 aromatic heterocycles. The molecule has 0 atom stereocenters.